The number of alkyl carbamates (subject to hydrolysis) is 1. The van der Waals surface area contributed by atoms with Gasteiger partial charge in [-0.1, -0.05) is 103 Å². The number of imidazole rings is 2. The molecule has 0 radical (unpaired) electrons. The zero-order valence-corrected chi connectivity index (χ0v) is 35.0. The fraction of sp³-hybridized carbons (Fsp3) is 0.300. The summed E-state index contributed by atoms with van der Waals surface area (Å²) < 4.78 is 5.50. The first-order valence-electron chi connectivity index (χ1n) is 21.0. The molecule has 2 saturated heterocycles. The number of hydrogen-bond donors (Lipinski definition) is 3. The number of benzene rings is 4. The Balaban J connectivity index is 0.896. The van der Waals surface area contributed by atoms with Crippen molar-refractivity contribution < 1.29 is 19.1 Å². The fourth-order valence-corrected chi connectivity index (χ4v) is 8.24. The third-order valence-electron chi connectivity index (χ3n) is 11.4. The Morgan fingerprint density at radius 2 is 1.23 bits per heavy atom. The van der Waals surface area contributed by atoms with Crippen molar-refractivity contribution in [3.63, 3.8) is 0 Å². The number of nitrogens with zero attached hydrogens (tertiary/aromatic N) is 4. The number of ether oxygens (including phenoxy) is 1. The standard InChI is InChI=1S/C50H51N7O4/c1-33(35-13-7-5-8-14-35)47(58)56-29-11-18-43(56)46-52-32-41(54-46)38-26-24-37(25-27-38)36-22-19-34(20-23-36)21-28-40-31-51-45(53-40)42-17-12-30-57(42)48(59)44(39-15-9-6-10-16-39)55-49(60)61-50(2,3)4/h5-10,13-16,19-20,22-27,31-33,42-44H,11-12,17-18,29-30H2,1-4H3,(H,51,53)(H,52,54)(H,55,60)/t33-,42+,43+,44-/m1/s1. The highest BCUT2D eigenvalue weighted by Gasteiger charge is 2.38. The minimum absolute atomic E-state index is 0.0634. The second kappa shape index (κ2) is 17.7. The molecule has 11 nitrogen and oxygen atoms in total. The first-order chi connectivity index (χ1) is 29.5. The molecule has 310 valence electrons. The van der Waals surface area contributed by atoms with Gasteiger partial charge in [-0.25, -0.2) is 14.8 Å². The highest BCUT2D eigenvalue weighted by Crippen LogP contribution is 2.36. The van der Waals surface area contributed by atoms with Crippen LogP contribution in [0.4, 0.5) is 4.79 Å². The summed E-state index contributed by atoms with van der Waals surface area (Å²) in [5.41, 5.74) is 6.60. The van der Waals surface area contributed by atoms with Crippen LogP contribution in [-0.4, -0.2) is 66.3 Å². The van der Waals surface area contributed by atoms with Crippen molar-refractivity contribution in [2.45, 2.75) is 83.0 Å². The van der Waals surface area contributed by atoms with E-state index in [4.69, 9.17) is 9.72 Å². The average molecular weight is 814 g/mol. The van der Waals surface area contributed by atoms with Gasteiger partial charge >= 0.3 is 6.09 Å². The van der Waals surface area contributed by atoms with Gasteiger partial charge < -0.3 is 29.8 Å². The number of nitrogens with one attached hydrogen (secondary N) is 3. The van der Waals surface area contributed by atoms with Crippen LogP contribution in [0.5, 0.6) is 0 Å². The monoisotopic (exact) mass is 813 g/mol. The molecule has 11 heteroatoms. The van der Waals surface area contributed by atoms with Gasteiger partial charge in [0.15, 0.2) is 0 Å². The molecule has 2 fully saturated rings. The number of hydrogen-bond acceptors (Lipinski definition) is 6. The van der Waals surface area contributed by atoms with Crippen molar-refractivity contribution in [3.8, 4) is 34.2 Å². The summed E-state index contributed by atoms with van der Waals surface area (Å²) in [7, 11) is 0. The Kier molecular flexibility index (Phi) is 11.9. The third kappa shape index (κ3) is 9.44. The molecule has 2 aliphatic rings. The summed E-state index contributed by atoms with van der Waals surface area (Å²) in [5, 5.41) is 2.81. The zero-order valence-electron chi connectivity index (χ0n) is 35.0. The van der Waals surface area contributed by atoms with E-state index in [1.807, 2.05) is 90.8 Å². The first kappa shape index (κ1) is 40.8. The highest BCUT2D eigenvalue weighted by molar-refractivity contribution is 5.87. The molecule has 0 unspecified atom stereocenters. The maximum Gasteiger partial charge on any atom is 0.408 e. The molecule has 2 aromatic heterocycles. The summed E-state index contributed by atoms with van der Waals surface area (Å²) in [5.74, 6) is 7.63. The van der Waals surface area contributed by atoms with Gasteiger partial charge in [0.25, 0.3) is 5.91 Å². The molecule has 8 rings (SSSR count). The number of likely N-dealkylation sites (tertiary alicyclic amines) is 2. The van der Waals surface area contributed by atoms with Crippen molar-refractivity contribution in [1.29, 1.82) is 0 Å². The van der Waals surface area contributed by atoms with E-state index in [0.717, 1.165) is 71.6 Å². The maximum atomic E-state index is 14.1. The van der Waals surface area contributed by atoms with Crippen LogP contribution in [0.3, 0.4) is 0 Å². The van der Waals surface area contributed by atoms with Crippen molar-refractivity contribution in [2.24, 2.45) is 0 Å². The smallest absolute Gasteiger partial charge is 0.408 e. The molecule has 0 spiro atoms. The Labute approximate surface area is 357 Å². The maximum absolute atomic E-state index is 14.1. The number of rotatable bonds is 9. The van der Waals surface area contributed by atoms with Gasteiger partial charge in [0.2, 0.25) is 5.91 Å². The molecule has 4 atom stereocenters. The lowest BCUT2D eigenvalue weighted by atomic mass is 9.99. The number of aromatic nitrogens is 4. The van der Waals surface area contributed by atoms with E-state index < -0.39 is 17.7 Å². The van der Waals surface area contributed by atoms with E-state index in [1.54, 1.807) is 31.9 Å². The average Bonchev–Trinajstić information content (AvgIpc) is 4.12. The summed E-state index contributed by atoms with van der Waals surface area (Å²) in [4.78, 5) is 60.4. The second-order valence-electron chi connectivity index (χ2n) is 16.8. The van der Waals surface area contributed by atoms with Gasteiger partial charge in [-0.2, -0.15) is 0 Å². The third-order valence-corrected chi connectivity index (χ3v) is 11.4. The summed E-state index contributed by atoms with van der Waals surface area (Å²) in [6.07, 6.45) is 6.30. The van der Waals surface area contributed by atoms with Gasteiger partial charge in [0.1, 0.15) is 29.0 Å². The van der Waals surface area contributed by atoms with E-state index in [2.05, 4.69) is 68.5 Å². The fourth-order valence-electron chi connectivity index (χ4n) is 8.24. The van der Waals surface area contributed by atoms with Crippen LogP contribution >= 0.6 is 0 Å². The van der Waals surface area contributed by atoms with Crippen LogP contribution in [0.2, 0.25) is 0 Å². The van der Waals surface area contributed by atoms with Crippen molar-refractivity contribution in [2.75, 3.05) is 13.1 Å². The summed E-state index contributed by atoms with van der Waals surface area (Å²) >= 11 is 0. The van der Waals surface area contributed by atoms with Crippen LogP contribution in [0.15, 0.2) is 122 Å². The van der Waals surface area contributed by atoms with E-state index in [1.165, 1.54) is 0 Å². The van der Waals surface area contributed by atoms with Crippen molar-refractivity contribution in [3.05, 3.63) is 156 Å². The summed E-state index contributed by atoms with van der Waals surface area (Å²) in [6, 6.07) is 34.4. The van der Waals surface area contributed by atoms with Crippen LogP contribution < -0.4 is 5.32 Å². The minimum Gasteiger partial charge on any atom is -0.444 e. The first-order valence-corrected chi connectivity index (χ1v) is 21.0. The molecular weight excluding hydrogens is 763 g/mol. The van der Waals surface area contributed by atoms with Gasteiger partial charge in [-0.3, -0.25) is 9.59 Å². The van der Waals surface area contributed by atoms with Gasteiger partial charge in [-0.05, 0) is 99.2 Å². The lowest BCUT2D eigenvalue weighted by Gasteiger charge is -2.29. The van der Waals surface area contributed by atoms with Gasteiger partial charge in [0, 0.05) is 18.7 Å². The molecule has 4 heterocycles. The van der Waals surface area contributed by atoms with Crippen LogP contribution in [-0.2, 0) is 14.3 Å². The van der Waals surface area contributed by atoms with E-state index in [0.29, 0.717) is 23.6 Å². The van der Waals surface area contributed by atoms with E-state index in [9.17, 15) is 14.4 Å². The Bertz CT molecular complexity index is 2530. The van der Waals surface area contributed by atoms with E-state index in [-0.39, 0.29) is 29.8 Å². The number of carbonyl (C=O) groups is 3. The number of H-pyrrole nitrogens is 2. The SMILES string of the molecule is C[C@@H](C(=O)N1CCC[C@H]1c1ncc(-c2ccc(-c3ccc(C#Cc4cnc([C@@H]5CCCN5C(=O)[C@H](NC(=O)OC(C)(C)C)c5ccccc5)[nH]4)cc3)cc2)[nH]1)c1ccccc1. The molecule has 61 heavy (non-hydrogen) atoms. The Morgan fingerprint density at radius 1 is 0.689 bits per heavy atom. The normalized spacial score (nSPS) is 17.3. The predicted octanol–water partition coefficient (Wildman–Crippen LogP) is 9.26. The molecule has 6 aromatic rings. The number of aromatic amines is 2. The molecule has 3 N–H and O–H groups in total. The topological polar surface area (TPSA) is 136 Å². The van der Waals surface area contributed by atoms with Crippen LogP contribution in [0.1, 0.15) is 111 Å². The van der Waals surface area contributed by atoms with E-state index >= 15 is 0 Å². The lowest BCUT2D eigenvalue weighted by molar-refractivity contribution is -0.135. The second-order valence-corrected chi connectivity index (χ2v) is 16.8. The highest BCUT2D eigenvalue weighted by atomic mass is 16.6. The molecular formula is C50H51N7O4. The zero-order chi connectivity index (χ0) is 42.5. The number of carbonyl (C=O) groups excluding carboxylic acids is 3. The van der Waals surface area contributed by atoms with Crippen molar-refractivity contribution >= 4 is 17.9 Å². The number of amides is 3. The molecule has 0 bridgehead atoms. The van der Waals surface area contributed by atoms with Crippen LogP contribution in [0, 0.1) is 11.8 Å². The molecule has 4 aromatic carbocycles. The molecule has 0 aliphatic carbocycles. The summed E-state index contributed by atoms with van der Waals surface area (Å²) in [6.45, 7) is 8.63. The molecule has 2 aliphatic heterocycles. The molecule has 3 amide bonds. The van der Waals surface area contributed by atoms with Gasteiger partial charge in [0.05, 0.1) is 36.1 Å². The Morgan fingerprint density at radius 3 is 1.85 bits per heavy atom. The van der Waals surface area contributed by atoms with Crippen molar-refractivity contribution in [1.82, 2.24) is 35.1 Å². The van der Waals surface area contributed by atoms with Crippen LogP contribution in [0.25, 0.3) is 22.4 Å². The lowest BCUT2D eigenvalue weighted by Crippen LogP contribution is -2.44. The Hall–Kier alpha value is -6.93. The van der Waals surface area contributed by atoms with Gasteiger partial charge in [-0.15, -0.1) is 0 Å². The largest absolute Gasteiger partial charge is 0.444 e. The quantitative estimate of drug-likeness (QED) is 0.125. The predicted molar refractivity (Wildman–Crippen MR) is 235 cm³/mol. The molecule has 0 saturated carbocycles. The minimum atomic E-state index is -0.904.